The minimum atomic E-state index is 0.00593. The fourth-order valence-electron chi connectivity index (χ4n) is 3.41. The Morgan fingerprint density at radius 2 is 2.04 bits per heavy atom. The molecule has 2 aliphatic heterocycles. The first-order chi connectivity index (χ1) is 10.9. The smallest absolute Gasteiger partial charge is 0.231 e. The molecule has 0 atom stereocenters. The molecule has 1 amide bonds. The second kappa shape index (κ2) is 5.06. The van der Waals surface area contributed by atoms with Gasteiger partial charge in [0.1, 0.15) is 0 Å². The van der Waals surface area contributed by atoms with Gasteiger partial charge in [-0.2, -0.15) is 0 Å². The molecule has 0 spiro atoms. The molecule has 0 fully saturated rings. The molecule has 1 N–H and O–H groups in total. The largest absolute Gasteiger partial charge is 0.357 e. The average molecular weight is 327 g/mol. The zero-order valence-corrected chi connectivity index (χ0v) is 14.6. The number of nitrogens with zero attached hydrogens (tertiary/aromatic N) is 2. The minimum Gasteiger partial charge on any atom is -0.357 e. The highest BCUT2D eigenvalue weighted by Crippen LogP contribution is 2.40. The van der Waals surface area contributed by atoms with E-state index in [1.54, 1.807) is 11.3 Å². The molecular weight excluding hydrogens is 306 g/mol. The normalized spacial score (nSPS) is 16.7. The topological polar surface area (TPSA) is 45.2 Å². The molecule has 0 saturated carbocycles. The van der Waals surface area contributed by atoms with E-state index in [1.807, 2.05) is 4.90 Å². The number of benzene rings is 1. The highest BCUT2D eigenvalue weighted by Gasteiger charge is 2.32. The van der Waals surface area contributed by atoms with Gasteiger partial charge in [-0.25, -0.2) is 4.98 Å². The first kappa shape index (κ1) is 14.7. The lowest BCUT2D eigenvalue weighted by Crippen LogP contribution is -2.31. The van der Waals surface area contributed by atoms with Crippen molar-refractivity contribution in [2.24, 2.45) is 0 Å². The van der Waals surface area contributed by atoms with Gasteiger partial charge in [0.05, 0.1) is 17.8 Å². The van der Waals surface area contributed by atoms with Crippen LogP contribution in [0.3, 0.4) is 0 Å². The van der Waals surface area contributed by atoms with E-state index in [-0.39, 0.29) is 11.4 Å². The Bertz CT molecular complexity index is 788. The summed E-state index contributed by atoms with van der Waals surface area (Å²) in [6, 6.07) is 4.37. The first-order valence-electron chi connectivity index (χ1n) is 8.11. The van der Waals surface area contributed by atoms with Gasteiger partial charge >= 0.3 is 0 Å². The molecule has 1 aromatic carbocycles. The van der Waals surface area contributed by atoms with Crippen LogP contribution in [0.2, 0.25) is 0 Å². The van der Waals surface area contributed by atoms with Crippen LogP contribution < -0.4 is 10.2 Å². The standard InChI is InChI=1S/C18H21N3OS/c1-18(2,3)20-17-19-14(10-23-17)12-7-11-5-4-6-21-15(22)9-13(8-12)16(11)21/h7-8,10H,4-6,9H2,1-3H3,(H,19,20). The fraction of sp³-hybridized carbons (Fsp3) is 0.444. The monoisotopic (exact) mass is 327 g/mol. The minimum absolute atomic E-state index is 0.00593. The molecule has 2 aliphatic rings. The fourth-order valence-corrected chi connectivity index (χ4v) is 4.34. The molecule has 2 aromatic rings. The molecule has 0 unspecified atom stereocenters. The number of aryl methyl sites for hydroxylation is 1. The molecule has 23 heavy (non-hydrogen) atoms. The summed E-state index contributed by atoms with van der Waals surface area (Å²) in [5.74, 6) is 0.242. The van der Waals surface area contributed by atoms with Crippen molar-refractivity contribution < 1.29 is 4.79 Å². The average Bonchev–Trinajstić information content (AvgIpc) is 3.04. The van der Waals surface area contributed by atoms with Crippen molar-refractivity contribution in [1.82, 2.24) is 4.98 Å². The third-order valence-corrected chi connectivity index (χ3v) is 5.05. The highest BCUT2D eigenvalue weighted by atomic mass is 32.1. The second-order valence-electron chi connectivity index (χ2n) is 7.38. The van der Waals surface area contributed by atoms with Crippen LogP contribution in [0.5, 0.6) is 0 Å². The molecule has 4 rings (SSSR count). The summed E-state index contributed by atoms with van der Waals surface area (Å²) in [6.07, 6.45) is 2.64. The van der Waals surface area contributed by atoms with Crippen molar-refractivity contribution >= 4 is 28.1 Å². The number of carbonyl (C=O) groups is 1. The maximum atomic E-state index is 12.2. The highest BCUT2D eigenvalue weighted by molar-refractivity contribution is 7.14. The molecule has 1 aromatic heterocycles. The molecular formula is C18H21N3OS. The van der Waals surface area contributed by atoms with Crippen molar-refractivity contribution in [3.05, 3.63) is 28.6 Å². The van der Waals surface area contributed by atoms with Crippen LogP contribution >= 0.6 is 11.3 Å². The van der Waals surface area contributed by atoms with Crippen LogP contribution in [-0.2, 0) is 17.6 Å². The Morgan fingerprint density at radius 1 is 1.26 bits per heavy atom. The quantitative estimate of drug-likeness (QED) is 0.911. The molecule has 0 radical (unpaired) electrons. The Labute approximate surface area is 140 Å². The lowest BCUT2D eigenvalue weighted by Gasteiger charge is -2.25. The van der Waals surface area contributed by atoms with Crippen molar-refractivity contribution in [2.45, 2.75) is 45.6 Å². The van der Waals surface area contributed by atoms with Crippen LogP contribution in [0, 0.1) is 0 Å². The zero-order valence-electron chi connectivity index (χ0n) is 13.8. The van der Waals surface area contributed by atoms with Crippen molar-refractivity contribution in [3.8, 4) is 11.3 Å². The molecule has 0 saturated heterocycles. The van der Waals surface area contributed by atoms with E-state index in [9.17, 15) is 4.79 Å². The summed E-state index contributed by atoms with van der Waals surface area (Å²) in [7, 11) is 0. The van der Waals surface area contributed by atoms with E-state index in [0.717, 1.165) is 35.8 Å². The van der Waals surface area contributed by atoms with Gasteiger partial charge in [-0.05, 0) is 56.9 Å². The number of hydrogen-bond donors (Lipinski definition) is 1. The number of amides is 1. The SMILES string of the molecule is CC(C)(C)Nc1nc(-c2cc3c4c(c2)CC(=O)N4CCC3)cs1. The van der Waals surface area contributed by atoms with Crippen LogP contribution in [0.4, 0.5) is 10.8 Å². The molecule has 0 aliphatic carbocycles. The predicted molar refractivity (Wildman–Crippen MR) is 95.3 cm³/mol. The summed E-state index contributed by atoms with van der Waals surface area (Å²) in [5.41, 5.74) is 5.78. The predicted octanol–water partition coefficient (Wildman–Crippen LogP) is 3.86. The van der Waals surface area contributed by atoms with Gasteiger partial charge < -0.3 is 10.2 Å². The van der Waals surface area contributed by atoms with Gasteiger partial charge in [0.25, 0.3) is 0 Å². The molecule has 3 heterocycles. The summed E-state index contributed by atoms with van der Waals surface area (Å²) in [4.78, 5) is 18.9. The molecule has 5 heteroatoms. The molecule has 120 valence electrons. The van der Waals surface area contributed by atoms with Gasteiger partial charge in [0, 0.05) is 23.0 Å². The van der Waals surface area contributed by atoms with Gasteiger partial charge in [-0.1, -0.05) is 0 Å². The number of carbonyl (C=O) groups excluding carboxylic acids is 1. The Balaban J connectivity index is 1.72. The van der Waals surface area contributed by atoms with Crippen LogP contribution in [0.25, 0.3) is 11.3 Å². The summed E-state index contributed by atoms with van der Waals surface area (Å²) in [6.45, 7) is 7.27. The first-order valence-corrected chi connectivity index (χ1v) is 8.99. The molecule has 4 nitrogen and oxygen atoms in total. The van der Waals surface area contributed by atoms with Crippen LogP contribution in [0.1, 0.15) is 38.3 Å². The Kier molecular flexibility index (Phi) is 3.23. The second-order valence-corrected chi connectivity index (χ2v) is 8.24. The summed E-state index contributed by atoms with van der Waals surface area (Å²) < 4.78 is 0. The Morgan fingerprint density at radius 3 is 2.83 bits per heavy atom. The number of thiazole rings is 1. The van der Waals surface area contributed by atoms with Crippen molar-refractivity contribution in [1.29, 1.82) is 0 Å². The van der Waals surface area contributed by atoms with E-state index < -0.39 is 0 Å². The van der Waals surface area contributed by atoms with E-state index >= 15 is 0 Å². The summed E-state index contributed by atoms with van der Waals surface area (Å²) >= 11 is 1.63. The van der Waals surface area contributed by atoms with E-state index in [2.05, 4.69) is 43.6 Å². The zero-order chi connectivity index (χ0) is 16.2. The number of hydrogen-bond acceptors (Lipinski definition) is 4. The van der Waals surface area contributed by atoms with Gasteiger partial charge in [-0.15, -0.1) is 11.3 Å². The van der Waals surface area contributed by atoms with E-state index in [1.165, 1.54) is 16.8 Å². The molecule has 0 bridgehead atoms. The maximum Gasteiger partial charge on any atom is 0.231 e. The van der Waals surface area contributed by atoms with Crippen molar-refractivity contribution in [2.75, 3.05) is 16.8 Å². The number of rotatable bonds is 2. The Hall–Kier alpha value is -1.88. The van der Waals surface area contributed by atoms with Crippen LogP contribution in [0.15, 0.2) is 17.5 Å². The summed E-state index contributed by atoms with van der Waals surface area (Å²) in [5, 5.41) is 6.46. The van der Waals surface area contributed by atoms with Gasteiger partial charge in [0.2, 0.25) is 5.91 Å². The van der Waals surface area contributed by atoms with Crippen molar-refractivity contribution in [3.63, 3.8) is 0 Å². The van der Waals surface area contributed by atoms with Crippen LogP contribution in [-0.4, -0.2) is 23.0 Å². The number of anilines is 2. The third kappa shape index (κ3) is 2.63. The van der Waals surface area contributed by atoms with E-state index in [4.69, 9.17) is 4.98 Å². The maximum absolute atomic E-state index is 12.2. The van der Waals surface area contributed by atoms with Gasteiger partial charge in [0.15, 0.2) is 5.13 Å². The van der Waals surface area contributed by atoms with Gasteiger partial charge in [-0.3, -0.25) is 4.79 Å². The lowest BCUT2D eigenvalue weighted by molar-refractivity contribution is -0.117. The lowest BCUT2D eigenvalue weighted by atomic mass is 9.96. The third-order valence-electron chi connectivity index (χ3n) is 4.29. The number of aromatic nitrogens is 1. The number of nitrogens with one attached hydrogen (secondary N) is 1. The van der Waals surface area contributed by atoms with E-state index in [0.29, 0.717) is 6.42 Å².